The first-order chi connectivity index (χ1) is 15.0. The second kappa shape index (κ2) is 9.23. The molecule has 31 heavy (non-hydrogen) atoms. The number of rotatable bonds is 5. The van der Waals surface area contributed by atoms with Crippen LogP contribution in [-0.2, 0) is 17.8 Å². The Labute approximate surface area is 186 Å². The molecule has 0 fully saturated rings. The molecular formula is C25H23ClN2O3. The minimum atomic E-state index is -0.279. The zero-order chi connectivity index (χ0) is 21.8. The van der Waals surface area contributed by atoms with Gasteiger partial charge >= 0.3 is 0 Å². The number of carbonyl (C=O) groups is 2. The fourth-order valence-electron chi connectivity index (χ4n) is 3.58. The predicted molar refractivity (Wildman–Crippen MR) is 122 cm³/mol. The van der Waals surface area contributed by atoms with Gasteiger partial charge in [0, 0.05) is 22.8 Å². The second-order valence-electron chi connectivity index (χ2n) is 7.64. The van der Waals surface area contributed by atoms with Gasteiger partial charge in [0.25, 0.3) is 5.91 Å². The van der Waals surface area contributed by atoms with E-state index in [2.05, 4.69) is 10.6 Å². The zero-order valence-corrected chi connectivity index (χ0v) is 17.9. The fraction of sp³-hybridized carbons (Fsp3) is 0.200. The molecule has 0 bridgehead atoms. The SMILES string of the molecule is Cc1ccccc1CNC(=O)[C@@H]1COc2ccc(NC(=O)c3ccc(Cl)cc3)cc2C1. The Balaban J connectivity index is 1.40. The summed E-state index contributed by atoms with van der Waals surface area (Å²) in [6.45, 7) is 2.86. The van der Waals surface area contributed by atoms with Crippen LogP contribution in [0.3, 0.4) is 0 Å². The van der Waals surface area contributed by atoms with Crippen molar-refractivity contribution in [3.05, 3.63) is 94.0 Å². The largest absolute Gasteiger partial charge is 0.492 e. The van der Waals surface area contributed by atoms with E-state index in [1.807, 2.05) is 43.3 Å². The van der Waals surface area contributed by atoms with Crippen LogP contribution >= 0.6 is 11.6 Å². The highest BCUT2D eigenvalue weighted by atomic mass is 35.5. The van der Waals surface area contributed by atoms with Crippen molar-refractivity contribution >= 4 is 29.1 Å². The molecule has 5 nitrogen and oxygen atoms in total. The summed E-state index contributed by atoms with van der Waals surface area (Å²) in [6, 6.07) is 20.2. The van der Waals surface area contributed by atoms with Crippen LogP contribution in [0.25, 0.3) is 0 Å². The molecule has 0 saturated heterocycles. The minimum absolute atomic E-state index is 0.0375. The summed E-state index contributed by atoms with van der Waals surface area (Å²) in [5.74, 6) is 0.205. The smallest absolute Gasteiger partial charge is 0.255 e. The molecule has 0 radical (unpaired) electrons. The van der Waals surface area contributed by atoms with E-state index in [1.54, 1.807) is 30.3 Å². The maximum absolute atomic E-state index is 12.7. The van der Waals surface area contributed by atoms with Crippen molar-refractivity contribution in [2.75, 3.05) is 11.9 Å². The fourth-order valence-corrected chi connectivity index (χ4v) is 3.71. The van der Waals surface area contributed by atoms with Crippen molar-refractivity contribution in [2.45, 2.75) is 19.9 Å². The molecule has 0 spiro atoms. The van der Waals surface area contributed by atoms with Crippen molar-refractivity contribution in [3.8, 4) is 5.75 Å². The minimum Gasteiger partial charge on any atom is -0.492 e. The second-order valence-corrected chi connectivity index (χ2v) is 8.08. The third kappa shape index (κ3) is 5.06. The number of carbonyl (C=O) groups excluding carboxylic acids is 2. The van der Waals surface area contributed by atoms with E-state index in [4.69, 9.17) is 16.3 Å². The Morgan fingerprint density at radius 2 is 1.84 bits per heavy atom. The standard InChI is InChI=1S/C25H23ClN2O3/c1-16-4-2-3-5-18(16)14-27-24(29)20-12-19-13-22(10-11-23(19)31-15-20)28-25(30)17-6-8-21(26)9-7-17/h2-11,13,20H,12,14-15H2,1H3,(H,27,29)(H,28,30)/t20-/m0/s1. The van der Waals surface area contributed by atoms with Gasteiger partial charge in [0.05, 0.1) is 5.92 Å². The summed E-state index contributed by atoms with van der Waals surface area (Å²) in [5, 5.41) is 6.48. The van der Waals surface area contributed by atoms with Gasteiger partial charge in [-0.3, -0.25) is 9.59 Å². The molecule has 0 aromatic heterocycles. The Morgan fingerprint density at radius 3 is 2.61 bits per heavy atom. The molecule has 1 heterocycles. The number of anilines is 1. The Hall–Kier alpha value is -3.31. The van der Waals surface area contributed by atoms with E-state index in [0.717, 1.165) is 22.4 Å². The molecule has 0 saturated carbocycles. The van der Waals surface area contributed by atoms with Gasteiger partial charge < -0.3 is 15.4 Å². The van der Waals surface area contributed by atoms with Crippen LogP contribution in [0.15, 0.2) is 66.7 Å². The number of ether oxygens (including phenoxy) is 1. The lowest BCUT2D eigenvalue weighted by atomic mass is 9.95. The van der Waals surface area contributed by atoms with E-state index in [-0.39, 0.29) is 17.7 Å². The highest BCUT2D eigenvalue weighted by Gasteiger charge is 2.26. The van der Waals surface area contributed by atoms with Gasteiger partial charge in [-0.1, -0.05) is 35.9 Å². The molecule has 3 aromatic rings. The van der Waals surface area contributed by atoms with Crippen molar-refractivity contribution in [2.24, 2.45) is 5.92 Å². The van der Waals surface area contributed by atoms with Crippen molar-refractivity contribution in [3.63, 3.8) is 0 Å². The van der Waals surface area contributed by atoms with Crippen LogP contribution in [0.1, 0.15) is 27.0 Å². The average molecular weight is 435 g/mol. The highest BCUT2D eigenvalue weighted by molar-refractivity contribution is 6.30. The van der Waals surface area contributed by atoms with Crippen molar-refractivity contribution in [1.82, 2.24) is 5.32 Å². The van der Waals surface area contributed by atoms with Gasteiger partial charge in [-0.05, 0) is 72.5 Å². The molecule has 1 aliphatic rings. The molecule has 3 aromatic carbocycles. The summed E-state index contributed by atoms with van der Waals surface area (Å²) < 4.78 is 5.80. The molecule has 4 rings (SSSR count). The molecule has 2 amide bonds. The van der Waals surface area contributed by atoms with E-state index >= 15 is 0 Å². The van der Waals surface area contributed by atoms with Crippen LogP contribution in [0.2, 0.25) is 5.02 Å². The number of nitrogens with one attached hydrogen (secondary N) is 2. The first-order valence-corrected chi connectivity index (χ1v) is 10.5. The lowest BCUT2D eigenvalue weighted by Crippen LogP contribution is -2.37. The molecule has 1 aliphatic heterocycles. The number of fused-ring (bicyclic) bond motifs is 1. The van der Waals surface area contributed by atoms with Gasteiger partial charge in [0.2, 0.25) is 5.91 Å². The van der Waals surface area contributed by atoms with Crippen LogP contribution in [-0.4, -0.2) is 18.4 Å². The molecule has 0 aliphatic carbocycles. The van der Waals surface area contributed by atoms with Crippen LogP contribution in [0.5, 0.6) is 5.75 Å². The third-order valence-corrected chi connectivity index (χ3v) is 5.67. The van der Waals surface area contributed by atoms with E-state index < -0.39 is 0 Å². The maximum atomic E-state index is 12.7. The number of amides is 2. The maximum Gasteiger partial charge on any atom is 0.255 e. The highest BCUT2D eigenvalue weighted by Crippen LogP contribution is 2.30. The number of halogens is 1. The van der Waals surface area contributed by atoms with E-state index in [9.17, 15) is 9.59 Å². The summed E-state index contributed by atoms with van der Waals surface area (Å²) in [7, 11) is 0. The molecule has 1 atom stereocenters. The number of hydrogen-bond acceptors (Lipinski definition) is 3. The lowest BCUT2D eigenvalue weighted by molar-refractivity contribution is -0.126. The first-order valence-electron chi connectivity index (χ1n) is 10.1. The molecule has 0 unspecified atom stereocenters. The summed E-state index contributed by atoms with van der Waals surface area (Å²) >= 11 is 5.88. The first kappa shape index (κ1) is 20.9. The zero-order valence-electron chi connectivity index (χ0n) is 17.2. The monoisotopic (exact) mass is 434 g/mol. The molecular weight excluding hydrogens is 412 g/mol. The number of benzene rings is 3. The number of hydrogen-bond donors (Lipinski definition) is 2. The molecule has 6 heteroatoms. The average Bonchev–Trinajstić information content (AvgIpc) is 2.78. The van der Waals surface area contributed by atoms with Gasteiger partial charge in [0.1, 0.15) is 12.4 Å². The normalized spacial score (nSPS) is 14.8. The van der Waals surface area contributed by atoms with Crippen molar-refractivity contribution in [1.29, 1.82) is 0 Å². The van der Waals surface area contributed by atoms with Crippen LogP contribution in [0, 0.1) is 12.8 Å². The number of aryl methyl sites for hydroxylation is 1. The molecule has 158 valence electrons. The Bertz CT molecular complexity index is 1110. The Kier molecular flexibility index (Phi) is 6.23. The predicted octanol–water partition coefficient (Wildman–Crippen LogP) is 4.77. The summed E-state index contributed by atoms with van der Waals surface area (Å²) in [4.78, 5) is 25.2. The van der Waals surface area contributed by atoms with Gasteiger partial charge in [-0.2, -0.15) is 0 Å². The molecule has 2 N–H and O–H groups in total. The topological polar surface area (TPSA) is 67.4 Å². The van der Waals surface area contributed by atoms with Gasteiger partial charge in [0.15, 0.2) is 0 Å². The third-order valence-electron chi connectivity index (χ3n) is 5.42. The quantitative estimate of drug-likeness (QED) is 0.608. The van der Waals surface area contributed by atoms with Crippen LogP contribution in [0.4, 0.5) is 5.69 Å². The lowest BCUT2D eigenvalue weighted by Gasteiger charge is -2.25. The van der Waals surface area contributed by atoms with Crippen molar-refractivity contribution < 1.29 is 14.3 Å². The van der Waals surface area contributed by atoms with Gasteiger partial charge in [-0.25, -0.2) is 0 Å². The Morgan fingerprint density at radius 1 is 1.06 bits per heavy atom. The van der Waals surface area contributed by atoms with E-state index in [1.165, 1.54) is 0 Å². The van der Waals surface area contributed by atoms with Crippen LogP contribution < -0.4 is 15.4 Å². The van der Waals surface area contributed by atoms with E-state index in [0.29, 0.717) is 35.8 Å². The summed E-state index contributed by atoms with van der Waals surface area (Å²) in [5.41, 5.74) is 4.32. The van der Waals surface area contributed by atoms with Gasteiger partial charge in [-0.15, -0.1) is 0 Å². The summed E-state index contributed by atoms with van der Waals surface area (Å²) in [6.07, 6.45) is 0.555.